The van der Waals surface area contributed by atoms with Gasteiger partial charge < -0.3 is 5.32 Å². The largest absolute Gasteiger partial charge is 0.316 e. The summed E-state index contributed by atoms with van der Waals surface area (Å²) in [6.07, 6.45) is 7.46. The summed E-state index contributed by atoms with van der Waals surface area (Å²) in [6, 6.07) is 5.61. The molecule has 20 heavy (non-hydrogen) atoms. The van der Waals surface area contributed by atoms with Gasteiger partial charge in [-0.1, -0.05) is 43.9 Å². The number of likely N-dealkylation sites (N-methyl/N-ethyl adjacent to an activating group) is 1. The zero-order valence-corrected chi connectivity index (χ0v) is 13.2. The Morgan fingerprint density at radius 3 is 2.85 bits per heavy atom. The molecule has 1 nitrogen and oxygen atoms in total. The first-order chi connectivity index (χ1) is 9.63. The summed E-state index contributed by atoms with van der Waals surface area (Å²) < 4.78 is 13.5. The van der Waals surface area contributed by atoms with Crippen LogP contribution in [0.25, 0.3) is 0 Å². The highest BCUT2D eigenvalue weighted by atomic mass is 35.5. The van der Waals surface area contributed by atoms with E-state index in [4.69, 9.17) is 11.6 Å². The van der Waals surface area contributed by atoms with Crippen LogP contribution in [0.2, 0.25) is 5.02 Å². The number of halogens is 2. The second-order valence-electron chi connectivity index (χ2n) is 6.05. The minimum Gasteiger partial charge on any atom is -0.316 e. The molecule has 0 spiro atoms. The summed E-state index contributed by atoms with van der Waals surface area (Å²) in [4.78, 5) is 0. The molecule has 0 heterocycles. The van der Waals surface area contributed by atoms with Crippen molar-refractivity contribution in [2.24, 2.45) is 11.8 Å². The maximum atomic E-state index is 13.5. The van der Waals surface area contributed by atoms with E-state index in [9.17, 15) is 4.39 Å². The summed E-state index contributed by atoms with van der Waals surface area (Å²) >= 11 is 5.75. The average molecular weight is 298 g/mol. The number of hydrogen-bond acceptors (Lipinski definition) is 1. The SMILES string of the molecule is CCC1CCCC(C(Cc2ccc(Cl)c(F)c2)NC)C1. The molecule has 112 valence electrons. The standard InChI is InChI=1S/C17H25ClFN/c1-3-12-5-4-6-14(9-12)17(20-2)11-13-7-8-15(18)16(19)10-13/h7-8,10,12,14,17,20H,3-6,9,11H2,1-2H3. The van der Waals surface area contributed by atoms with Crippen molar-refractivity contribution in [2.75, 3.05) is 7.05 Å². The molecule has 2 rings (SSSR count). The fraction of sp³-hybridized carbons (Fsp3) is 0.647. The summed E-state index contributed by atoms with van der Waals surface area (Å²) in [5.74, 6) is 1.26. The Morgan fingerprint density at radius 1 is 1.40 bits per heavy atom. The lowest BCUT2D eigenvalue weighted by Crippen LogP contribution is -2.38. The number of rotatable bonds is 5. The molecule has 1 saturated carbocycles. The number of nitrogens with one attached hydrogen (secondary N) is 1. The van der Waals surface area contributed by atoms with Crippen molar-refractivity contribution in [3.63, 3.8) is 0 Å². The lowest BCUT2D eigenvalue weighted by atomic mass is 9.75. The van der Waals surface area contributed by atoms with Gasteiger partial charge in [-0.2, -0.15) is 0 Å². The Kier molecular flexibility index (Phi) is 5.86. The van der Waals surface area contributed by atoms with Gasteiger partial charge in [-0.25, -0.2) is 4.39 Å². The maximum absolute atomic E-state index is 13.5. The molecule has 3 unspecified atom stereocenters. The third kappa shape index (κ3) is 3.95. The first-order valence-electron chi connectivity index (χ1n) is 7.75. The molecule has 1 fully saturated rings. The molecule has 0 bridgehead atoms. The van der Waals surface area contributed by atoms with Crippen molar-refractivity contribution in [1.82, 2.24) is 5.32 Å². The Hall–Kier alpha value is -0.600. The quantitative estimate of drug-likeness (QED) is 0.821. The van der Waals surface area contributed by atoms with Crippen LogP contribution in [0, 0.1) is 17.7 Å². The Bertz CT molecular complexity index is 435. The molecule has 0 radical (unpaired) electrons. The lowest BCUT2D eigenvalue weighted by molar-refractivity contribution is 0.212. The van der Waals surface area contributed by atoms with Crippen LogP contribution >= 0.6 is 11.6 Å². The first kappa shape index (κ1) is 15.8. The van der Waals surface area contributed by atoms with Crippen molar-refractivity contribution in [1.29, 1.82) is 0 Å². The van der Waals surface area contributed by atoms with Gasteiger partial charge in [-0.05, 0) is 55.8 Å². The molecule has 3 atom stereocenters. The van der Waals surface area contributed by atoms with Gasteiger partial charge in [0.25, 0.3) is 0 Å². The van der Waals surface area contributed by atoms with Crippen molar-refractivity contribution in [2.45, 2.75) is 51.5 Å². The fourth-order valence-corrected chi connectivity index (χ4v) is 3.61. The molecule has 1 aromatic rings. The Labute approximate surface area is 126 Å². The van der Waals surface area contributed by atoms with Crippen molar-refractivity contribution >= 4 is 11.6 Å². The molecule has 1 aliphatic rings. The fourth-order valence-electron chi connectivity index (χ4n) is 3.49. The first-order valence-corrected chi connectivity index (χ1v) is 8.13. The van der Waals surface area contributed by atoms with Crippen LogP contribution in [0.5, 0.6) is 0 Å². The highest BCUT2D eigenvalue weighted by molar-refractivity contribution is 6.30. The predicted molar refractivity (Wildman–Crippen MR) is 83.7 cm³/mol. The van der Waals surface area contributed by atoms with Crippen LogP contribution in [0.3, 0.4) is 0 Å². The van der Waals surface area contributed by atoms with E-state index in [1.54, 1.807) is 12.1 Å². The van der Waals surface area contributed by atoms with Gasteiger partial charge in [0, 0.05) is 6.04 Å². The van der Waals surface area contributed by atoms with E-state index in [0.717, 1.165) is 17.9 Å². The monoisotopic (exact) mass is 297 g/mol. The van der Waals surface area contributed by atoms with Crippen LogP contribution in [-0.4, -0.2) is 13.1 Å². The third-order valence-electron chi connectivity index (χ3n) is 4.78. The zero-order valence-electron chi connectivity index (χ0n) is 12.5. The molecule has 0 saturated heterocycles. The molecule has 1 N–H and O–H groups in total. The predicted octanol–water partition coefficient (Wildman–Crippen LogP) is 4.83. The molecule has 0 aliphatic heterocycles. The summed E-state index contributed by atoms with van der Waals surface area (Å²) in [5, 5.41) is 3.65. The number of hydrogen-bond donors (Lipinski definition) is 1. The van der Waals surface area contributed by atoms with Crippen molar-refractivity contribution in [3.8, 4) is 0 Å². The number of benzene rings is 1. The minimum atomic E-state index is -0.311. The van der Waals surface area contributed by atoms with Gasteiger partial charge in [0.15, 0.2) is 0 Å². The van der Waals surface area contributed by atoms with E-state index in [0.29, 0.717) is 12.0 Å². The average Bonchev–Trinajstić information content (AvgIpc) is 2.48. The lowest BCUT2D eigenvalue weighted by Gasteiger charge is -2.34. The minimum absolute atomic E-state index is 0.207. The molecular formula is C17H25ClFN. The van der Waals surface area contributed by atoms with E-state index in [-0.39, 0.29) is 10.8 Å². The van der Waals surface area contributed by atoms with Crippen molar-refractivity contribution in [3.05, 3.63) is 34.6 Å². The van der Waals surface area contributed by atoms with Gasteiger partial charge in [0.2, 0.25) is 0 Å². The second kappa shape index (κ2) is 7.42. The Morgan fingerprint density at radius 2 is 2.20 bits per heavy atom. The van der Waals surface area contributed by atoms with Gasteiger partial charge in [-0.15, -0.1) is 0 Å². The normalized spacial score (nSPS) is 24.6. The van der Waals surface area contributed by atoms with E-state index < -0.39 is 0 Å². The smallest absolute Gasteiger partial charge is 0.142 e. The van der Waals surface area contributed by atoms with E-state index in [1.807, 2.05) is 13.1 Å². The van der Waals surface area contributed by atoms with Gasteiger partial charge >= 0.3 is 0 Å². The van der Waals surface area contributed by atoms with Crippen LogP contribution in [-0.2, 0) is 6.42 Å². The van der Waals surface area contributed by atoms with Gasteiger partial charge in [0.05, 0.1) is 5.02 Å². The van der Waals surface area contributed by atoms with E-state index >= 15 is 0 Å². The van der Waals surface area contributed by atoms with Crippen LogP contribution < -0.4 is 5.32 Å². The molecule has 0 amide bonds. The summed E-state index contributed by atoms with van der Waals surface area (Å²) in [5.41, 5.74) is 1.03. The zero-order chi connectivity index (χ0) is 14.5. The highest BCUT2D eigenvalue weighted by Gasteiger charge is 2.27. The van der Waals surface area contributed by atoms with Gasteiger partial charge in [0.1, 0.15) is 5.82 Å². The third-order valence-corrected chi connectivity index (χ3v) is 5.09. The highest BCUT2D eigenvalue weighted by Crippen LogP contribution is 2.34. The van der Waals surface area contributed by atoms with Crippen LogP contribution in [0.15, 0.2) is 18.2 Å². The molecule has 1 aromatic carbocycles. The van der Waals surface area contributed by atoms with Crippen LogP contribution in [0.4, 0.5) is 4.39 Å². The van der Waals surface area contributed by atoms with E-state index in [1.165, 1.54) is 32.1 Å². The molecule has 0 aromatic heterocycles. The van der Waals surface area contributed by atoms with E-state index in [2.05, 4.69) is 12.2 Å². The molecular weight excluding hydrogens is 273 g/mol. The molecule has 1 aliphatic carbocycles. The maximum Gasteiger partial charge on any atom is 0.142 e. The van der Waals surface area contributed by atoms with Crippen LogP contribution in [0.1, 0.15) is 44.6 Å². The molecule has 3 heteroatoms. The van der Waals surface area contributed by atoms with Crippen molar-refractivity contribution < 1.29 is 4.39 Å². The second-order valence-corrected chi connectivity index (χ2v) is 6.46. The van der Waals surface area contributed by atoms with Gasteiger partial charge in [-0.3, -0.25) is 0 Å². The Balaban J connectivity index is 2.02. The topological polar surface area (TPSA) is 12.0 Å². The summed E-state index contributed by atoms with van der Waals surface area (Å²) in [6.45, 7) is 2.29. The summed E-state index contributed by atoms with van der Waals surface area (Å²) in [7, 11) is 2.02.